The molecule has 1 aromatic heterocycles. The number of carbonyl (C=O) groups excluding carboxylic acids is 1. The molecule has 0 radical (unpaired) electrons. The number of carbonyl (C=O) groups is 1. The Hall–Kier alpha value is -4.38. The van der Waals surface area contributed by atoms with Crippen LogP contribution in [0, 0.1) is 0 Å². The molecule has 8 nitrogen and oxygen atoms in total. The second-order valence-electron chi connectivity index (χ2n) is 9.91. The summed E-state index contributed by atoms with van der Waals surface area (Å²) in [4.78, 5) is 25.8. The van der Waals surface area contributed by atoms with Crippen LogP contribution in [0.25, 0.3) is 22.0 Å². The molecule has 11 heteroatoms. The van der Waals surface area contributed by atoms with Crippen molar-refractivity contribution in [2.24, 2.45) is 0 Å². The Labute approximate surface area is 236 Å². The van der Waals surface area contributed by atoms with Crippen LogP contribution < -0.4 is 20.7 Å². The molecule has 1 amide bonds. The molecule has 0 aliphatic carbocycles. The van der Waals surface area contributed by atoms with Crippen molar-refractivity contribution in [2.75, 3.05) is 56.8 Å². The average Bonchev–Trinajstić information content (AvgIpc) is 2.92. The van der Waals surface area contributed by atoms with E-state index in [0.717, 1.165) is 36.0 Å². The van der Waals surface area contributed by atoms with E-state index in [1.807, 2.05) is 42.1 Å². The van der Waals surface area contributed by atoms with Crippen LogP contribution in [0.4, 0.5) is 30.5 Å². The molecule has 4 aromatic rings. The monoisotopic (exact) mass is 566 g/mol. The van der Waals surface area contributed by atoms with Crippen molar-refractivity contribution in [1.29, 1.82) is 0 Å². The van der Waals surface area contributed by atoms with Crippen LogP contribution in [0.2, 0.25) is 0 Å². The third-order valence-electron chi connectivity index (χ3n) is 6.54. The fourth-order valence-electron chi connectivity index (χ4n) is 4.48. The highest BCUT2D eigenvalue weighted by Crippen LogP contribution is 2.36. The van der Waals surface area contributed by atoms with Crippen molar-refractivity contribution in [3.05, 3.63) is 71.9 Å². The summed E-state index contributed by atoms with van der Waals surface area (Å²) in [6.45, 7) is 3.49. The highest BCUT2D eigenvalue weighted by Gasteiger charge is 2.31. The number of halogens is 3. The van der Waals surface area contributed by atoms with Crippen LogP contribution in [-0.4, -0.2) is 61.6 Å². The summed E-state index contributed by atoms with van der Waals surface area (Å²) >= 11 is 0. The van der Waals surface area contributed by atoms with E-state index in [9.17, 15) is 18.0 Å². The Kier molecular flexibility index (Phi) is 8.97. The fourth-order valence-corrected chi connectivity index (χ4v) is 4.48. The Bertz CT molecular complexity index is 1540. The van der Waals surface area contributed by atoms with Gasteiger partial charge in [-0.1, -0.05) is 12.1 Å². The predicted molar refractivity (Wildman–Crippen MR) is 156 cm³/mol. The number of amides is 1. The van der Waals surface area contributed by atoms with Gasteiger partial charge < -0.3 is 25.6 Å². The topological polar surface area (TPSA) is 96.6 Å². The molecule has 0 spiro atoms. The summed E-state index contributed by atoms with van der Waals surface area (Å²) in [5.74, 6) is -0.101. The van der Waals surface area contributed by atoms with E-state index in [1.165, 1.54) is 6.07 Å². The summed E-state index contributed by atoms with van der Waals surface area (Å²) in [6, 6.07) is 14.1. The largest absolute Gasteiger partial charge is 0.493 e. The van der Waals surface area contributed by atoms with Crippen LogP contribution >= 0.6 is 0 Å². The van der Waals surface area contributed by atoms with Crippen molar-refractivity contribution in [3.8, 4) is 16.9 Å². The molecule has 0 saturated carbocycles. The van der Waals surface area contributed by atoms with Crippen LogP contribution in [0.15, 0.2) is 60.8 Å². The lowest BCUT2D eigenvalue weighted by atomic mass is 10.0. The van der Waals surface area contributed by atoms with Gasteiger partial charge in [0.15, 0.2) is 0 Å². The minimum Gasteiger partial charge on any atom is -0.493 e. The van der Waals surface area contributed by atoms with Gasteiger partial charge in [-0.2, -0.15) is 13.2 Å². The maximum atomic E-state index is 13.7. The number of aromatic nitrogens is 2. The number of alkyl halides is 3. The van der Waals surface area contributed by atoms with Crippen molar-refractivity contribution in [3.63, 3.8) is 0 Å². The molecule has 0 fully saturated rings. The first-order valence-electron chi connectivity index (χ1n) is 13.1. The quantitative estimate of drug-likeness (QED) is 0.245. The smallest absolute Gasteiger partial charge is 0.416 e. The van der Waals surface area contributed by atoms with E-state index < -0.39 is 17.6 Å². The molecule has 0 bridgehead atoms. The normalized spacial score (nSPS) is 11.6. The van der Waals surface area contributed by atoms with Gasteiger partial charge >= 0.3 is 6.18 Å². The summed E-state index contributed by atoms with van der Waals surface area (Å²) in [7, 11) is 5.70. The summed E-state index contributed by atoms with van der Waals surface area (Å²) < 4.78 is 46.6. The van der Waals surface area contributed by atoms with E-state index in [-0.39, 0.29) is 17.2 Å². The Morgan fingerprint density at radius 2 is 1.73 bits per heavy atom. The third-order valence-corrected chi connectivity index (χ3v) is 6.54. The van der Waals surface area contributed by atoms with Gasteiger partial charge in [-0.3, -0.25) is 4.79 Å². The maximum Gasteiger partial charge on any atom is 0.416 e. The maximum absolute atomic E-state index is 13.7. The van der Waals surface area contributed by atoms with E-state index in [4.69, 9.17) is 10.5 Å². The zero-order valence-corrected chi connectivity index (χ0v) is 23.4. The number of ether oxygens (including phenoxy) is 1. The minimum atomic E-state index is -4.57. The lowest BCUT2D eigenvalue weighted by molar-refractivity contribution is -0.137. The fraction of sp³-hybridized carbons (Fsp3) is 0.300. The first-order chi connectivity index (χ1) is 19.5. The molecule has 0 aliphatic rings. The van der Waals surface area contributed by atoms with E-state index in [0.29, 0.717) is 35.7 Å². The number of fused-ring (bicyclic) bond motifs is 1. The van der Waals surface area contributed by atoms with Gasteiger partial charge in [0.2, 0.25) is 5.95 Å². The van der Waals surface area contributed by atoms with Gasteiger partial charge in [0, 0.05) is 25.2 Å². The van der Waals surface area contributed by atoms with Crippen LogP contribution in [0.5, 0.6) is 5.75 Å². The molecule has 1 heterocycles. The molecule has 41 heavy (non-hydrogen) atoms. The summed E-state index contributed by atoms with van der Waals surface area (Å²) in [5, 5.41) is 3.49. The highest BCUT2D eigenvalue weighted by atomic mass is 19.4. The zero-order valence-electron chi connectivity index (χ0n) is 23.4. The summed E-state index contributed by atoms with van der Waals surface area (Å²) in [6.07, 6.45) is -2.16. The Balaban J connectivity index is 1.70. The van der Waals surface area contributed by atoms with Crippen molar-refractivity contribution in [2.45, 2.75) is 19.5 Å². The Morgan fingerprint density at radius 1 is 1.00 bits per heavy atom. The lowest BCUT2D eigenvalue weighted by Gasteiger charge is -2.24. The van der Waals surface area contributed by atoms with E-state index >= 15 is 0 Å². The van der Waals surface area contributed by atoms with Crippen molar-refractivity contribution in [1.82, 2.24) is 14.9 Å². The number of hydrogen-bond donors (Lipinski definition) is 2. The van der Waals surface area contributed by atoms with Gasteiger partial charge in [0.1, 0.15) is 5.75 Å². The van der Waals surface area contributed by atoms with Gasteiger partial charge in [0.25, 0.3) is 5.91 Å². The molecule has 0 aliphatic heterocycles. The molecule has 0 atom stereocenters. The Morgan fingerprint density at radius 3 is 2.44 bits per heavy atom. The number of nitrogen functional groups attached to an aromatic ring is 1. The average molecular weight is 567 g/mol. The van der Waals surface area contributed by atoms with E-state index in [2.05, 4.69) is 15.3 Å². The second-order valence-corrected chi connectivity index (χ2v) is 9.91. The van der Waals surface area contributed by atoms with E-state index in [1.54, 1.807) is 38.4 Å². The molecular weight excluding hydrogens is 533 g/mol. The number of anilines is 3. The zero-order chi connectivity index (χ0) is 29.7. The number of hydrogen-bond acceptors (Lipinski definition) is 7. The van der Waals surface area contributed by atoms with Gasteiger partial charge in [-0.15, -0.1) is 0 Å². The SMILES string of the molecule is CCOc1ccc(-c2ccc3nc(N)ncc3c2)cc1C(=O)Nc1cc(C(F)(F)F)ccc1N(C)CCCN(C)C. The molecule has 0 unspecified atom stereocenters. The molecule has 3 N–H and O–H groups in total. The number of nitrogens with two attached hydrogens (primary N) is 1. The van der Waals surface area contributed by atoms with Crippen molar-refractivity contribution >= 4 is 34.1 Å². The first-order valence-corrected chi connectivity index (χ1v) is 13.1. The standard InChI is InChI=1S/C30H33F3N6O2/c1-5-41-27-12-8-20(19-7-10-24-21(15-19)18-35-29(34)37-24)16-23(27)28(40)36-25-17-22(30(31,32)33)9-11-26(25)39(4)14-6-13-38(2)3/h7-12,15-18H,5-6,13-14H2,1-4H3,(H,36,40)(H2,34,35,37). The number of nitrogens with zero attached hydrogens (tertiary/aromatic N) is 4. The minimum absolute atomic E-state index is 0.0606. The third kappa shape index (κ3) is 7.23. The molecule has 3 aromatic carbocycles. The van der Waals surface area contributed by atoms with Gasteiger partial charge in [-0.05, 0) is 87.6 Å². The highest BCUT2D eigenvalue weighted by molar-refractivity contribution is 6.08. The second kappa shape index (κ2) is 12.4. The predicted octanol–water partition coefficient (Wildman–Crippen LogP) is 5.94. The first kappa shape index (κ1) is 29.6. The lowest BCUT2D eigenvalue weighted by Crippen LogP contribution is -2.25. The summed E-state index contributed by atoms with van der Waals surface area (Å²) in [5.41, 5.74) is 7.75. The molecule has 0 saturated heterocycles. The van der Waals surface area contributed by atoms with Crippen LogP contribution in [0.1, 0.15) is 29.3 Å². The van der Waals surface area contributed by atoms with Crippen molar-refractivity contribution < 1.29 is 22.7 Å². The molecule has 216 valence electrons. The van der Waals surface area contributed by atoms with Gasteiger partial charge in [-0.25, -0.2) is 9.97 Å². The van der Waals surface area contributed by atoms with Crippen LogP contribution in [-0.2, 0) is 6.18 Å². The number of benzene rings is 3. The number of rotatable bonds is 10. The molecule has 4 rings (SSSR count). The number of nitrogens with one attached hydrogen (secondary N) is 1. The molecular formula is C30H33F3N6O2. The van der Waals surface area contributed by atoms with Gasteiger partial charge in [0.05, 0.1) is 34.6 Å². The van der Waals surface area contributed by atoms with Crippen LogP contribution in [0.3, 0.4) is 0 Å².